The number of rotatable bonds is 7. The van der Waals surface area contributed by atoms with Crippen LogP contribution in [0.25, 0.3) is 0 Å². The van der Waals surface area contributed by atoms with Crippen molar-refractivity contribution in [3.05, 3.63) is 24.3 Å². The molecule has 1 N–H and O–H groups in total. The Balaban J connectivity index is 1.56. The van der Waals surface area contributed by atoms with Crippen molar-refractivity contribution in [1.29, 1.82) is 0 Å². The Bertz CT molecular complexity index is 897. The number of nitrogens with one attached hydrogen (secondary N) is 1. The Morgan fingerprint density at radius 3 is 2.29 bits per heavy atom. The van der Waals surface area contributed by atoms with Gasteiger partial charge in [0.2, 0.25) is 0 Å². The molecule has 1 aromatic carbocycles. The minimum Gasteiger partial charge on any atom is -0.442 e. The molecule has 2 saturated heterocycles. The van der Waals surface area contributed by atoms with Gasteiger partial charge in [-0.15, -0.1) is 0 Å². The predicted octanol–water partition coefficient (Wildman–Crippen LogP) is 1.51. The first-order valence-corrected chi connectivity index (χ1v) is 12.2. The Morgan fingerprint density at radius 1 is 1.16 bits per heavy atom. The fourth-order valence-corrected chi connectivity index (χ4v) is 4.68. The molecule has 11 heteroatoms. The molecule has 0 aliphatic carbocycles. The summed E-state index contributed by atoms with van der Waals surface area (Å²) in [6, 6.07) is 7.71. The second kappa shape index (κ2) is 9.68. The van der Waals surface area contributed by atoms with Crippen molar-refractivity contribution in [3.63, 3.8) is 0 Å². The van der Waals surface area contributed by atoms with E-state index in [1.54, 1.807) is 19.0 Å². The average Bonchev–Trinajstić information content (AvgIpc) is 3.12. The molecule has 0 bridgehead atoms. The molecule has 0 radical (unpaired) electrons. The largest absolute Gasteiger partial charge is 0.442 e. The van der Waals surface area contributed by atoms with Gasteiger partial charge in [0.1, 0.15) is 6.10 Å². The van der Waals surface area contributed by atoms with Crippen LogP contribution >= 0.6 is 12.2 Å². The number of carbonyl (C=O) groups is 1. The molecule has 2 aliphatic rings. The maximum Gasteiger partial charge on any atom is 0.414 e. The van der Waals surface area contributed by atoms with Gasteiger partial charge in [-0.25, -0.2) is 4.79 Å². The molecule has 2 heterocycles. The summed E-state index contributed by atoms with van der Waals surface area (Å²) in [5.41, 5.74) is 1.77. The molecule has 172 valence electrons. The van der Waals surface area contributed by atoms with Crippen LogP contribution in [0.2, 0.25) is 0 Å². The normalized spacial score (nSPS) is 20.5. The third kappa shape index (κ3) is 5.46. The van der Waals surface area contributed by atoms with Crippen molar-refractivity contribution in [2.45, 2.75) is 20.0 Å². The second-order valence-corrected chi connectivity index (χ2v) is 10.8. The maximum atomic E-state index is 12.3. The number of carbonyl (C=O) groups excluding carboxylic acids is 1. The number of ether oxygens (including phenoxy) is 1. The molecule has 1 amide bonds. The number of piperazine rings is 1. The summed E-state index contributed by atoms with van der Waals surface area (Å²) in [5, 5.41) is 3.16. The maximum absolute atomic E-state index is 12.3. The van der Waals surface area contributed by atoms with E-state index < -0.39 is 10.2 Å². The summed E-state index contributed by atoms with van der Waals surface area (Å²) < 4.78 is 32.7. The van der Waals surface area contributed by atoms with Crippen LogP contribution in [0.1, 0.15) is 13.8 Å². The second-order valence-electron chi connectivity index (χ2n) is 8.21. The molecule has 0 unspecified atom stereocenters. The minimum absolute atomic E-state index is 0.251. The molecule has 2 fully saturated rings. The van der Waals surface area contributed by atoms with Crippen molar-refractivity contribution >= 4 is 44.9 Å². The van der Waals surface area contributed by atoms with Crippen LogP contribution < -0.4 is 15.1 Å². The van der Waals surface area contributed by atoms with Crippen molar-refractivity contribution in [3.8, 4) is 0 Å². The van der Waals surface area contributed by atoms with Gasteiger partial charge in [0.05, 0.1) is 18.1 Å². The highest BCUT2D eigenvalue weighted by Gasteiger charge is 2.33. The van der Waals surface area contributed by atoms with Crippen LogP contribution in [0.15, 0.2) is 24.3 Å². The summed E-state index contributed by atoms with van der Waals surface area (Å²) >= 11 is 5.27. The number of nitrogens with zero attached hydrogens (tertiary/aromatic N) is 4. The van der Waals surface area contributed by atoms with Crippen LogP contribution in [0.5, 0.6) is 0 Å². The molecule has 0 saturated carbocycles. The summed E-state index contributed by atoms with van der Waals surface area (Å²) in [4.78, 5) is 16.8. The quantitative estimate of drug-likeness (QED) is 0.606. The van der Waals surface area contributed by atoms with Crippen molar-refractivity contribution < 1.29 is 17.9 Å². The van der Waals surface area contributed by atoms with E-state index in [1.165, 1.54) is 8.61 Å². The van der Waals surface area contributed by atoms with Gasteiger partial charge in [-0.05, 0) is 24.3 Å². The molecule has 31 heavy (non-hydrogen) atoms. The summed E-state index contributed by atoms with van der Waals surface area (Å²) in [7, 11) is -0.292. The van der Waals surface area contributed by atoms with Crippen LogP contribution in [0.4, 0.5) is 16.2 Å². The number of hydrogen-bond acceptors (Lipinski definition) is 6. The van der Waals surface area contributed by atoms with Gasteiger partial charge in [0, 0.05) is 57.6 Å². The first-order valence-electron chi connectivity index (χ1n) is 10.4. The molecule has 0 aromatic heterocycles. The zero-order chi connectivity index (χ0) is 22.8. The van der Waals surface area contributed by atoms with E-state index in [0.29, 0.717) is 39.3 Å². The number of thiocarbonyl (C=S) groups is 1. The first kappa shape index (κ1) is 23.7. The lowest BCUT2D eigenvalue weighted by Gasteiger charge is -2.36. The van der Waals surface area contributed by atoms with Gasteiger partial charge >= 0.3 is 6.09 Å². The van der Waals surface area contributed by atoms with Gasteiger partial charge in [-0.2, -0.15) is 17.0 Å². The lowest BCUT2D eigenvalue weighted by molar-refractivity contribution is 0.143. The molecule has 1 atom stereocenters. The van der Waals surface area contributed by atoms with Gasteiger partial charge < -0.3 is 15.0 Å². The van der Waals surface area contributed by atoms with E-state index in [1.807, 2.05) is 38.1 Å². The Kier molecular flexibility index (Phi) is 7.40. The van der Waals surface area contributed by atoms with Crippen molar-refractivity contribution in [1.82, 2.24) is 13.9 Å². The standard InChI is InChI=1S/C20H31N5O4S2/c1-15(2)19(30)21-13-18-14-25(20(26)29-18)17-7-5-16(6-8-17)23-9-11-24(12-10-23)31(27,28)22(3)4/h5-8,15,18H,9-14H2,1-4H3,(H,21,30)/t18-/m0/s1. The van der Waals surface area contributed by atoms with Crippen molar-refractivity contribution in [2.24, 2.45) is 5.92 Å². The molecular formula is C20H31N5O4S2. The molecule has 2 aliphatic heterocycles. The summed E-state index contributed by atoms with van der Waals surface area (Å²) in [5.74, 6) is 0.251. The van der Waals surface area contributed by atoms with Crippen LogP contribution in [0, 0.1) is 5.92 Å². The van der Waals surface area contributed by atoms with Gasteiger partial charge in [-0.1, -0.05) is 26.1 Å². The van der Waals surface area contributed by atoms with E-state index in [4.69, 9.17) is 17.0 Å². The van der Waals surface area contributed by atoms with Crippen molar-refractivity contribution in [2.75, 3.05) is 63.2 Å². The Morgan fingerprint density at radius 2 is 1.74 bits per heavy atom. The van der Waals surface area contributed by atoms with Crippen LogP contribution in [-0.2, 0) is 14.9 Å². The smallest absolute Gasteiger partial charge is 0.414 e. The summed E-state index contributed by atoms with van der Waals surface area (Å²) in [6.07, 6.45) is -0.617. The fourth-order valence-electron chi connectivity index (χ4n) is 3.51. The monoisotopic (exact) mass is 469 g/mol. The molecular weight excluding hydrogens is 438 g/mol. The Hall–Kier alpha value is -1.95. The number of hydrogen-bond donors (Lipinski definition) is 1. The van der Waals surface area contributed by atoms with E-state index in [9.17, 15) is 13.2 Å². The zero-order valence-electron chi connectivity index (χ0n) is 18.4. The average molecular weight is 470 g/mol. The molecule has 3 rings (SSSR count). The van der Waals surface area contributed by atoms with Gasteiger partial charge in [-0.3, -0.25) is 4.90 Å². The molecule has 0 spiro atoms. The zero-order valence-corrected chi connectivity index (χ0v) is 20.1. The Labute approximate surface area is 190 Å². The number of amides is 1. The SMILES string of the molecule is CC(C)C(=S)NC[C@H]1CN(c2ccc(N3CCN(S(=O)(=O)N(C)C)CC3)cc2)C(=O)O1. The van der Waals surface area contributed by atoms with E-state index >= 15 is 0 Å². The number of anilines is 2. The molecule has 1 aromatic rings. The summed E-state index contributed by atoms with van der Waals surface area (Å²) in [6.45, 7) is 7.10. The highest BCUT2D eigenvalue weighted by molar-refractivity contribution is 7.86. The van der Waals surface area contributed by atoms with Crippen LogP contribution in [0.3, 0.4) is 0 Å². The van der Waals surface area contributed by atoms with E-state index in [-0.39, 0.29) is 18.1 Å². The molecule has 9 nitrogen and oxygen atoms in total. The fraction of sp³-hybridized carbons (Fsp3) is 0.600. The van der Waals surface area contributed by atoms with Crippen LogP contribution in [-0.4, -0.2) is 87.6 Å². The number of benzene rings is 1. The third-order valence-electron chi connectivity index (χ3n) is 5.46. The van der Waals surface area contributed by atoms with E-state index in [0.717, 1.165) is 16.4 Å². The highest BCUT2D eigenvalue weighted by Crippen LogP contribution is 2.26. The predicted molar refractivity (Wildman–Crippen MR) is 126 cm³/mol. The lowest BCUT2D eigenvalue weighted by Crippen LogP contribution is -2.51. The van der Waals surface area contributed by atoms with Gasteiger partial charge in [0.15, 0.2) is 0 Å². The number of cyclic esters (lactones) is 1. The van der Waals surface area contributed by atoms with E-state index in [2.05, 4.69) is 10.2 Å². The lowest BCUT2D eigenvalue weighted by atomic mass is 10.2. The topological polar surface area (TPSA) is 85.4 Å². The van der Waals surface area contributed by atoms with Gasteiger partial charge in [0.25, 0.3) is 10.2 Å². The first-order chi connectivity index (χ1) is 14.6. The third-order valence-corrected chi connectivity index (χ3v) is 8.01. The highest BCUT2D eigenvalue weighted by atomic mass is 32.2. The minimum atomic E-state index is -3.38.